The van der Waals surface area contributed by atoms with Gasteiger partial charge in [-0.3, -0.25) is 0 Å². The van der Waals surface area contributed by atoms with Crippen LogP contribution in [-0.2, 0) is 0 Å². The van der Waals surface area contributed by atoms with Gasteiger partial charge in [0.2, 0.25) is 0 Å². The van der Waals surface area contributed by atoms with Crippen LogP contribution in [0.2, 0.25) is 0 Å². The van der Waals surface area contributed by atoms with E-state index in [1.54, 1.807) is 14.2 Å². The average molecular weight is 287 g/mol. The van der Waals surface area contributed by atoms with Crippen LogP contribution in [0.5, 0.6) is 11.5 Å². The Morgan fingerprint density at radius 1 is 1.10 bits per heavy atom. The van der Waals surface area contributed by atoms with E-state index in [0.29, 0.717) is 17.3 Å². The summed E-state index contributed by atoms with van der Waals surface area (Å²) in [6.07, 6.45) is 0. The number of benzene rings is 1. The summed E-state index contributed by atoms with van der Waals surface area (Å²) in [6.45, 7) is 5.99. The molecule has 1 aromatic carbocycles. The van der Waals surface area contributed by atoms with Crippen LogP contribution in [0.15, 0.2) is 18.2 Å². The number of hydrogen-bond acceptors (Lipinski definition) is 5. The molecule has 0 amide bonds. The third-order valence-electron chi connectivity index (χ3n) is 3.38. The summed E-state index contributed by atoms with van der Waals surface area (Å²) in [5.41, 5.74) is 8.51. The number of nitrogens with two attached hydrogens (primary N) is 1. The molecule has 21 heavy (non-hydrogen) atoms. The molecule has 0 atom stereocenters. The SMILES string of the molecule is COc1cccc(-c2nc(C(C)C)nc(N)c2C)c1OC. The zero-order chi connectivity index (χ0) is 15.6. The molecule has 0 spiro atoms. The van der Waals surface area contributed by atoms with Crippen LogP contribution in [0.3, 0.4) is 0 Å². The van der Waals surface area contributed by atoms with Gasteiger partial charge in [0.25, 0.3) is 0 Å². The van der Waals surface area contributed by atoms with Gasteiger partial charge in [-0.1, -0.05) is 19.9 Å². The summed E-state index contributed by atoms with van der Waals surface area (Å²) >= 11 is 0. The summed E-state index contributed by atoms with van der Waals surface area (Å²) in [5, 5.41) is 0. The van der Waals surface area contributed by atoms with Gasteiger partial charge in [0.15, 0.2) is 11.5 Å². The molecule has 5 nitrogen and oxygen atoms in total. The highest BCUT2D eigenvalue weighted by Crippen LogP contribution is 2.39. The molecule has 0 radical (unpaired) electrons. The fourth-order valence-electron chi connectivity index (χ4n) is 2.15. The number of rotatable bonds is 4. The van der Waals surface area contributed by atoms with Crippen LogP contribution < -0.4 is 15.2 Å². The van der Waals surface area contributed by atoms with Crippen molar-refractivity contribution in [2.45, 2.75) is 26.7 Å². The fourth-order valence-corrected chi connectivity index (χ4v) is 2.15. The Labute approximate surface area is 125 Å². The lowest BCUT2D eigenvalue weighted by Gasteiger charge is -2.16. The van der Waals surface area contributed by atoms with E-state index in [0.717, 1.165) is 22.6 Å². The van der Waals surface area contributed by atoms with Crippen molar-refractivity contribution in [1.29, 1.82) is 0 Å². The van der Waals surface area contributed by atoms with Crippen molar-refractivity contribution in [3.8, 4) is 22.8 Å². The summed E-state index contributed by atoms with van der Waals surface area (Å²) in [4.78, 5) is 9.01. The van der Waals surface area contributed by atoms with Crippen molar-refractivity contribution >= 4 is 5.82 Å². The second kappa shape index (κ2) is 5.99. The fraction of sp³-hybridized carbons (Fsp3) is 0.375. The third-order valence-corrected chi connectivity index (χ3v) is 3.38. The highest BCUT2D eigenvalue weighted by Gasteiger charge is 2.18. The Balaban J connectivity index is 2.72. The molecule has 2 N–H and O–H groups in total. The zero-order valence-electron chi connectivity index (χ0n) is 13.1. The first-order chi connectivity index (χ1) is 9.99. The van der Waals surface area contributed by atoms with Crippen LogP contribution >= 0.6 is 0 Å². The predicted molar refractivity (Wildman–Crippen MR) is 83.8 cm³/mol. The molecule has 0 aliphatic heterocycles. The second-order valence-corrected chi connectivity index (χ2v) is 5.14. The zero-order valence-corrected chi connectivity index (χ0v) is 13.1. The van der Waals surface area contributed by atoms with Gasteiger partial charge in [-0.2, -0.15) is 0 Å². The molecule has 5 heteroatoms. The largest absolute Gasteiger partial charge is 0.493 e. The average Bonchev–Trinajstić information content (AvgIpc) is 2.48. The lowest BCUT2D eigenvalue weighted by atomic mass is 10.0. The van der Waals surface area contributed by atoms with Gasteiger partial charge in [0, 0.05) is 17.0 Å². The number of ether oxygens (including phenoxy) is 2. The molecule has 2 rings (SSSR count). The summed E-state index contributed by atoms with van der Waals surface area (Å²) in [6, 6.07) is 5.70. The highest BCUT2D eigenvalue weighted by atomic mass is 16.5. The number of nitrogens with zero attached hydrogens (tertiary/aromatic N) is 2. The normalized spacial score (nSPS) is 10.8. The minimum Gasteiger partial charge on any atom is -0.493 e. The molecule has 0 unspecified atom stereocenters. The molecule has 0 aliphatic carbocycles. The van der Waals surface area contributed by atoms with E-state index in [4.69, 9.17) is 15.2 Å². The number of para-hydroxylation sites is 1. The molecule has 2 aromatic rings. The molecule has 1 aromatic heterocycles. The predicted octanol–water partition coefficient (Wildman–Crippen LogP) is 3.17. The second-order valence-electron chi connectivity index (χ2n) is 5.14. The van der Waals surface area contributed by atoms with Gasteiger partial charge in [0.1, 0.15) is 11.6 Å². The van der Waals surface area contributed by atoms with Crippen molar-refractivity contribution in [3.63, 3.8) is 0 Å². The maximum absolute atomic E-state index is 6.04. The van der Waals surface area contributed by atoms with Crippen LogP contribution in [0.4, 0.5) is 5.82 Å². The molecule has 0 saturated carbocycles. The molecular weight excluding hydrogens is 266 g/mol. The van der Waals surface area contributed by atoms with Crippen LogP contribution in [0, 0.1) is 6.92 Å². The topological polar surface area (TPSA) is 70.3 Å². The molecule has 0 saturated heterocycles. The first kappa shape index (κ1) is 15.1. The van der Waals surface area contributed by atoms with Gasteiger partial charge in [0.05, 0.1) is 19.9 Å². The smallest absolute Gasteiger partial charge is 0.170 e. The first-order valence-electron chi connectivity index (χ1n) is 6.85. The van der Waals surface area contributed by atoms with Gasteiger partial charge in [-0.25, -0.2) is 9.97 Å². The van der Waals surface area contributed by atoms with E-state index in [2.05, 4.69) is 9.97 Å². The standard InChI is InChI=1S/C16H21N3O2/c1-9(2)16-18-13(10(3)15(17)19-16)11-7-6-8-12(20-4)14(11)21-5/h6-9H,1-5H3,(H2,17,18,19). The van der Waals surface area contributed by atoms with Crippen LogP contribution in [-0.4, -0.2) is 24.2 Å². The highest BCUT2D eigenvalue weighted by molar-refractivity contribution is 5.75. The van der Waals surface area contributed by atoms with Crippen molar-refractivity contribution in [1.82, 2.24) is 9.97 Å². The third kappa shape index (κ3) is 2.77. The van der Waals surface area contributed by atoms with E-state index in [9.17, 15) is 0 Å². The molecule has 0 fully saturated rings. The minimum absolute atomic E-state index is 0.197. The minimum atomic E-state index is 0.197. The number of nitrogen functional groups attached to an aromatic ring is 1. The summed E-state index contributed by atoms with van der Waals surface area (Å²) in [7, 11) is 3.23. The van der Waals surface area contributed by atoms with Gasteiger partial charge in [-0.05, 0) is 19.1 Å². The van der Waals surface area contributed by atoms with Crippen molar-refractivity contribution in [3.05, 3.63) is 29.6 Å². The van der Waals surface area contributed by atoms with Crippen molar-refractivity contribution in [2.24, 2.45) is 0 Å². The number of hydrogen-bond donors (Lipinski definition) is 1. The van der Waals surface area contributed by atoms with Crippen LogP contribution in [0.1, 0.15) is 31.2 Å². The Bertz CT molecular complexity index is 654. The molecular formula is C16H21N3O2. The van der Waals surface area contributed by atoms with E-state index in [1.807, 2.05) is 39.0 Å². The lowest BCUT2D eigenvalue weighted by molar-refractivity contribution is 0.356. The van der Waals surface area contributed by atoms with E-state index in [-0.39, 0.29) is 5.92 Å². The van der Waals surface area contributed by atoms with Crippen molar-refractivity contribution in [2.75, 3.05) is 20.0 Å². The lowest BCUT2D eigenvalue weighted by Crippen LogP contribution is -2.07. The van der Waals surface area contributed by atoms with Crippen LogP contribution in [0.25, 0.3) is 11.3 Å². The number of anilines is 1. The number of methoxy groups -OCH3 is 2. The van der Waals surface area contributed by atoms with Crippen molar-refractivity contribution < 1.29 is 9.47 Å². The van der Waals surface area contributed by atoms with E-state index in [1.165, 1.54) is 0 Å². The van der Waals surface area contributed by atoms with E-state index >= 15 is 0 Å². The Morgan fingerprint density at radius 3 is 2.38 bits per heavy atom. The summed E-state index contributed by atoms with van der Waals surface area (Å²) in [5.74, 6) is 2.73. The first-order valence-corrected chi connectivity index (χ1v) is 6.85. The summed E-state index contributed by atoms with van der Waals surface area (Å²) < 4.78 is 10.8. The Hall–Kier alpha value is -2.30. The quantitative estimate of drug-likeness (QED) is 0.935. The molecule has 0 aliphatic rings. The molecule has 0 bridgehead atoms. The molecule has 112 valence electrons. The van der Waals surface area contributed by atoms with Gasteiger partial charge in [-0.15, -0.1) is 0 Å². The molecule has 1 heterocycles. The Morgan fingerprint density at radius 2 is 1.81 bits per heavy atom. The Kier molecular flexibility index (Phi) is 4.31. The van der Waals surface area contributed by atoms with Gasteiger partial charge >= 0.3 is 0 Å². The number of aromatic nitrogens is 2. The maximum Gasteiger partial charge on any atom is 0.170 e. The monoisotopic (exact) mass is 287 g/mol. The van der Waals surface area contributed by atoms with Gasteiger partial charge < -0.3 is 15.2 Å². The maximum atomic E-state index is 6.04. The van der Waals surface area contributed by atoms with E-state index < -0.39 is 0 Å².